The second-order valence-corrected chi connectivity index (χ2v) is 6.91. The van der Waals surface area contributed by atoms with Gasteiger partial charge < -0.3 is 14.4 Å². The molecular formula is C18H18ClNO4. The molecule has 0 unspecified atom stereocenters. The fourth-order valence-electron chi connectivity index (χ4n) is 3.93. The Morgan fingerprint density at radius 2 is 2.33 bits per heavy atom. The molecule has 3 heterocycles. The molecule has 0 aliphatic carbocycles. The maximum absolute atomic E-state index is 13.0. The van der Waals surface area contributed by atoms with Crippen molar-refractivity contribution < 1.29 is 19.1 Å². The molecule has 2 saturated heterocycles. The van der Waals surface area contributed by atoms with Crippen LogP contribution in [0, 0.1) is 11.8 Å². The molecule has 0 aromatic heterocycles. The molecular weight excluding hydrogens is 330 g/mol. The van der Waals surface area contributed by atoms with Gasteiger partial charge in [0.1, 0.15) is 11.5 Å². The smallest absolute Gasteiger partial charge is 0.312 e. The highest BCUT2D eigenvalue weighted by molar-refractivity contribution is 6.31. The van der Waals surface area contributed by atoms with Crippen LogP contribution in [-0.2, 0) is 19.1 Å². The normalized spacial score (nSPS) is 33.2. The van der Waals surface area contributed by atoms with E-state index in [1.807, 2.05) is 25.1 Å². The fraction of sp³-hybridized carbons (Fsp3) is 0.444. The number of halogens is 1. The Morgan fingerprint density at radius 1 is 1.50 bits per heavy atom. The van der Waals surface area contributed by atoms with Crippen molar-refractivity contribution in [2.45, 2.75) is 25.0 Å². The zero-order valence-electron chi connectivity index (χ0n) is 13.3. The number of carbonyl (C=O) groups is 2. The van der Waals surface area contributed by atoms with Crippen LogP contribution in [0.3, 0.4) is 0 Å². The van der Waals surface area contributed by atoms with Crippen molar-refractivity contribution in [3.05, 3.63) is 41.4 Å². The van der Waals surface area contributed by atoms with E-state index in [9.17, 15) is 9.59 Å². The summed E-state index contributed by atoms with van der Waals surface area (Å²) >= 11 is 6.05. The quantitative estimate of drug-likeness (QED) is 0.620. The van der Waals surface area contributed by atoms with E-state index in [-0.39, 0.29) is 18.0 Å². The van der Waals surface area contributed by atoms with Gasteiger partial charge in [0.15, 0.2) is 0 Å². The van der Waals surface area contributed by atoms with Crippen LogP contribution in [0.5, 0.6) is 0 Å². The van der Waals surface area contributed by atoms with Gasteiger partial charge >= 0.3 is 5.97 Å². The number of hydrogen-bond donors (Lipinski definition) is 0. The predicted molar refractivity (Wildman–Crippen MR) is 88.8 cm³/mol. The maximum atomic E-state index is 13.0. The molecule has 2 fully saturated rings. The molecule has 1 spiro atoms. The monoisotopic (exact) mass is 347 g/mol. The summed E-state index contributed by atoms with van der Waals surface area (Å²) in [5, 5.41) is 0.564. The Labute approximate surface area is 145 Å². The van der Waals surface area contributed by atoms with Crippen molar-refractivity contribution in [3.63, 3.8) is 0 Å². The first-order valence-electron chi connectivity index (χ1n) is 8.16. The number of anilines is 1. The Bertz CT molecular complexity index is 733. The second-order valence-electron chi connectivity index (χ2n) is 6.47. The van der Waals surface area contributed by atoms with E-state index in [0.717, 1.165) is 12.1 Å². The zero-order chi connectivity index (χ0) is 16.9. The topological polar surface area (TPSA) is 55.8 Å². The van der Waals surface area contributed by atoms with Gasteiger partial charge in [0.25, 0.3) is 0 Å². The molecule has 126 valence electrons. The van der Waals surface area contributed by atoms with Gasteiger partial charge in [-0.1, -0.05) is 36.7 Å². The van der Waals surface area contributed by atoms with E-state index in [4.69, 9.17) is 21.1 Å². The molecule has 24 heavy (non-hydrogen) atoms. The molecule has 4 rings (SSSR count). The lowest BCUT2D eigenvalue weighted by Crippen LogP contribution is -2.40. The van der Waals surface area contributed by atoms with Gasteiger partial charge in [-0.25, -0.2) is 0 Å². The number of fused-ring (bicyclic) bond motifs is 1. The molecule has 0 saturated carbocycles. The van der Waals surface area contributed by atoms with Gasteiger partial charge in [0.05, 0.1) is 25.2 Å². The second kappa shape index (κ2) is 5.60. The lowest BCUT2D eigenvalue weighted by molar-refractivity contribution is -0.152. The van der Waals surface area contributed by atoms with Crippen molar-refractivity contribution in [2.75, 3.05) is 18.1 Å². The van der Waals surface area contributed by atoms with Crippen molar-refractivity contribution in [2.24, 2.45) is 11.8 Å². The molecule has 0 N–H and O–H groups in total. The lowest BCUT2D eigenvalue weighted by atomic mass is 9.77. The van der Waals surface area contributed by atoms with Crippen LogP contribution in [-0.4, -0.2) is 36.7 Å². The van der Waals surface area contributed by atoms with Gasteiger partial charge in [0.2, 0.25) is 5.91 Å². The highest BCUT2D eigenvalue weighted by atomic mass is 35.5. The van der Waals surface area contributed by atoms with Gasteiger partial charge in [-0.3, -0.25) is 9.59 Å². The number of carbonyl (C=O) groups excluding carboxylic acids is 2. The van der Waals surface area contributed by atoms with Crippen LogP contribution in [0.2, 0.25) is 5.02 Å². The summed E-state index contributed by atoms with van der Waals surface area (Å²) in [4.78, 5) is 27.1. The van der Waals surface area contributed by atoms with Crippen molar-refractivity contribution in [1.82, 2.24) is 0 Å². The average molecular weight is 348 g/mol. The minimum absolute atomic E-state index is 0.109. The summed E-state index contributed by atoms with van der Waals surface area (Å²) in [6.45, 7) is 2.69. The van der Waals surface area contributed by atoms with E-state index in [1.54, 1.807) is 23.1 Å². The fourth-order valence-corrected chi connectivity index (χ4v) is 4.11. The molecule has 3 aliphatic heterocycles. The Kier molecular flexibility index (Phi) is 3.66. The van der Waals surface area contributed by atoms with Crippen molar-refractivity contribution >= 4 is 29.2 Å². The largest absolute Gasteiger partial charge is 0.465 e. The first kappa shape index (κ1) is 15.7. The molecule has 1 aromatic rings. The summed E-state index contributed by atoms with van der Waals surface area (Å²) < 4.78 is 11.3. The number of rotatable bonds is 4. The number of ether oxygens (including phenoxy) is 2. The number of nitrogens with zero attached hydrogens (tertiary/aromatic N) is 1. The predicted octanol–water partition coefficient (Wildman–Crippen LogP) is 2.58. The summed E-state index contributed by atoms with van der Waals surface area (Å²) in [6, 6.07) is 7.15. The first-order valence-corrected chi connectivity index (χ1v) is 8.54. The summed E-state index contributed by atoms with van der Waals surface area (Å²) in [5.74, 6) is -1.56. The van der Waals surface area contributed by atoms with Gasteiger partial charge in [0, 0.05) is 10.7 Å². The third kappa shape index (κ3) is 2.19. The summed E-state index contributed by atoms with van der Waals surface area (Å²) in [5.41, 5.74) is -0.0163. The number of hydrogen-bond acceptors (Lipinski definition) is 4. The van der Waals surface area contributed by atoms with Crippen LogP contribution < -0.4 is 4.90 Å². The van der Waals surface area contributed by atoms with Gasteiger partial charge in [-0.05, 0) is 24.6 Å². The van der Waals surface area contributed by atoms with Crippen LogP contribution in [0.25, 0.3) is 0 Å². The number of amides is 1. The van der Waals surface area contributed by atoms with Crippen LogP contribution >= 0.6 is 11.6 Å². The molecule has 1 amide bonds. The molecule has 3 aliphatic rings. The molecule has 2 bridgehead atoms. The number of esters is 1. The molecule has 1 aromatic carbocycles. The Hall–Kier alpha value is -1.85. The van der Waals surface area contributed by atoms with E-state index in [1.165, 1.54) is 0 Å². The maximum Gasteiger partial charge on any atom is 0.312 e. The third-order valence-electron chi connectivity index (χ3n) is 4.94. The SMILES string of the molecule is CCCOC(=O)[C@@H]1[C@H]2C=C[C@@]3(CN(c4cccc(Cl)c4)C(=O)[C@@H]13)O2. The standard InChI is InChI=1S/C18H18ClNO4/c1-2-8-23-17(22)14-13-6-7-18(24-13)10-20(16(21)15(14)18)12-5-3-4-11(19)9-12/h3-7,9,13-15H,2,8,10H2,1H3/t13-,14-,15-,18+/m1/s1. The van der Waals surface area contributed by atoms with Gasteiger partial charge in [-0.2, -0.15) is 0 Å². The third-order valence-corrected chi connectivity index (χ3v) is 5.18. The summed E-state index contributed by atoms with van der Waals surface area (Å²) in [7, 11) is 0. The average Bonchev–Trinajstić information content (AvgIpc) is 3.21. The van der Waals surface area contributed by atoms with E-state index in [2.05, 4.69) is 0 Å². The number of benzene rings is 1. The minimum atomic E-state index is -0.736. The van der Waals surface area contributed by atoms with E-state index >= 15 is 0 Å². The van der Waals surface area contributed by atoms with Crippen LogP contribution in [0.15, 0.2) is 36.4 Å². The summed E-state index contributed by atoms with van der Waals surface area (Å²) in [6.07, 6.45) is 4.18. The highest BCUT2D eigenvalue weighted by Gasteiger charge is 2.67. The van der Waals surface area contributed by atoms with Crippen molar-refractivity contribution in [3.8, 4) is 0 Å². The lowest BCUT2D eigenvalue weighted by Gasteiger charge is -2.22. The minimum Gasteiger partial charge on any atom is -0.465 e. The van der Waals surface area contributed by atoms with Gasteiger partial charge in [-0.15, -0.1) is 0 Å². The molecule has 5 nitrogen and oxygen atoms in total. The van der Waals surface area contributed by atoms with Crippen molar-refractivity contribution in [1.29, 1.82) is 0 Å². The molecule has 6 heteroatoms. The molecule has 0 radical (unpaired) electrons. The molecule has 4 atom stereocenters. The van der Waals surface area contributed by atoms with Crippen LogP contribution in [0.4, 0.5) is 5.69 Å². The van der Waals surface area contributed by atoms with E-state index in [0.29, 0.717) is 18.2 Å². The van der Waals surface area contributed by atoms with Crippen LogP contribution in [0.1, 0.15) is 13.3 Å². The Balaban J connectivity index is 1.65. The van der Waals surface area contributed by atoms with E-state index < -0.39 is 17.4 Å². The zero-order valence-corrected chi connectivity index (χ0v) is 14.0. The highest BCUT2D eigenvalue weighted by Crippen LogP contribution is 2.52. The Morgan fingerprint density at radius 3 is 3.08 bits per heavy atom. The first-order chi connectivity index (χ1) is 11.6.